The summed E-state index contributed by atoms with van der Waals surface area (Å²) in [5.74, 6) is 4.34. The number of halogens is 5. The molecule has 0 bridgehead atoms. The summed E-state index contributed by atoms with van der Waals surface area (Å²) in [6, 6.07) is 8.98. The van der Waals surface area contributed by atoms with Crippen molar-refractivity contribution in [2.24, 2.45) is 16.4 Å². The second-order valence-corrected chi connectivity index (χ2v) is 10.3. The number of benzene rings is 2. The van der Waals surface area contributed by atoms with Gasteiger partial charge in [-0.1, -0.05) is 12.1 Å². The summed E-state index contributed by atoms with van der Waals surface area (Å²) in [5.41, 5.74) is -0.957. The van der Waals surface area contributed by atoms with Crippen LogP contribution in [0.15, 0.2) is 47.6 Å². The highest BCUT2D eigenvalue weighted by Crippen LogP contribution is 2.41. The minimum Gasteiger partial charge on any atom is -0.351 e. The van der Waals surface area contributed by atoms with Gasteiger partial charge in [0.1, 0.15) is 11.6 Å². The van der Waals surface area contributed by atoms with E-state index in [1.807, 2.05) is 12.1 Å². The van der Waals surface area contributed by atoms with Gasteiger partial charge in [-0.25, -0.2) is 19.7 Å². The molecule has 6 nitrogen and oxygen atoms in total. The van der Waals surface area contributed by atoms with Crippen molar-refractivity contribution in [2.75, 3.05) is 20.1 Å². The second-order valence-electron chi connectivity index (χ2n) is 10.3. The molecule has 1 amide bonds. The van der Waals surface area contributed by atoms with Crippen LogP contribution in [0.1, 0.15) is 54.7 Å². The van der Waals surface area contributed by atoms with Crippen molar-refractivity contribution >= 4 is 12.1 Å². The van der Waals surface area contributed by atoms with Gasteiger partial charge in [0.2, 0.25) is 5.91 Å². The molecule has 1 saturated heterocycles. The topological polar surface area (TPSA) is 74.0 Å². The molecule has 1 aliphatic carbocycles. The van der Waals surface area contributed by atoms with Crippen molar-refractivity contribution < 1.29 is 26.7 Å². The number of likely N-dealkylation sites (tertiary alicyclic amines) is 1. The zero-order valence-corrected chi connectivity index (χ0v) is 21.1. The van der Waals surface area contributed by atoms with E-state index >= 15 is 0 Å². The third-order valence-electron chi connectivity index (χ3n) is 7.59. The monoisotopic (exact) mass is 537 g/mol. The van der Waals surface area contributed by atoms with Crippen LogP contribution in [0.25, 0.3) is 0 Å². The normalized spacial score (nSPS) is 23.2. The van der Waals surface area contributed by atoms with Gasteiger partial charge in [0.05, 0.1) is 11.0 Å². The Labute approximate surface area is 218 Å². The van der Waals surface area contributed by atoms with Crippen molar-refractivity contribution in [3.8, 4) is 0 Å². The average Bonchev–Trinajstić information content (AvgIpc) is 3.32. The number of nitrogens with one attached hydrogen (secondary N) is 1. The molecule has 1 aliphatic heterocycles. The quantitative estimate of drug-likeness (QED) is 0.230. The zero-order chi connectivity index (χ0) is 27.5. The molecule has 2 aliphatic rings. The molecule has 2 aromatic rings. The van der Waals surface area contributed by atoms with Crippen LogP contribution in [-0.4, -0.2) is 48.3 Å². The Morgan fingerprint density at radius 3 is 2.45 bits per heavy atom. The third kappa shape index (κ3) is 6.68. The smallest absolute Gasteiger partial charge is 0.351 e. The zero-order valence-electron chi connectivity index (χ0n) is 21.1. The molecule has 0 radical (unpaired) electrons. The molecule has 38 heavy (non-hydrogen) atoms. The predicted molar refractivity (Wildman–Crippen MR) is 134 cm³/mol. The molecule has 1 saturated carbocycles. The summed E-state index contributed by atoms with van der Waals surface area (Å²) < 4.78 is 66.3. The first-order valence-electron chi connectivity index (χ1n) is 12.6. The van der Waals surface area contributed by atoms with Gasteiger partial charge in [0.25, 0.3) is 0 Å². The Hall–Kier alpha value is -3.05. The number of carbonyl (C=O) groups is 1. The van der Waals surface area contributed by atoms with Gasteiger partial charge in [-0.2, -0.15) is 18.3 Å². The van der Waals surface area contributed by atoms with Crippen LogP contribution >= 0.6 is 0 Å². The Balaban J connectivity index is 1.42. The number of hydrazone groups is 1. The number of hydrazine groups is 1. The van der Waals surface area contributed by atoms with Crippen LogP contribution in [0.5, 0.6) is 0 Å². The van der Waals surface area contributed by atoms with Gasteiger partial charge in [-0.05, 0) is 92.6 Å². The Bertz CT molecular complexity index is 1150. The first kappa shape index (κ1) is 28.0. The maximum Gasteiger partial charge on any atom is 0.416 e. The molecule has 2 aromatic carbocycles. The van der Waals surface area contributed by atoms with E-state index in [0.717, 1.165) is 55.2 Å². The van der Waals surface area contributed by atoms with Crippen LogP contribution in [0, 0.1) is 17.0 Å². The molecule has 2 fully saturated rings. The number of nitrogens with zero attached hydrogens (tertiary/aromatic N) is 3. The Kier molecular flexibility index (Phi) is 8.37. The molecule has 2 atom stereocenters. The number of piperidine rings is 1. The lowest BCUT2D eigenvalue weighted by Crippen LogP contribution is -2.44. The molecular weight excluding hydrogens is 505 g/mol. The summed E-state index contributed by atoms with van der Waals surface area (Å²) in [5, 5.41) is 7.91. The van der Waals surface area contributed by atoms with Crippen molar-refractivity contribution in [2.45, 2.75) is 56.8 Å². The van der Waals surface area contributed by atoms with Crippen molar-refractivity contribution in [3.63, 3.8) is 0 Å². The number of hydrogen-bond acceptors (Lipinski definition) is 5. The maximum absolute atomic E-state index is 13.8. The highest BCUT2D eigenvalue weighted by Gasteiger charge is 2.46. The molecule has 206 valence electrons. The van der Waals surface area contributed by atoms with Crippen molar-refractivity contribution in [3.05, 3.63) is 70.8 Å². The van der Waals surface area contributed by atoms with E-state index in [9.17, 15) is 26.7 Å². The van der Waals surface area contributed by atoms with Crippen LogP contribution in [0.2, 0.25) is 0 Å². The summed E-state index contributed by atoms with van der Waals surface area (Å²) in [4.78, 5) is 15.7. The van der Waals surface area contributed by atoms with E-state index in [1.165, 1.54) is 25.4 Å². The number of rotatable bonds is 7. The van der Waals surface area contributed by atoms with E-state index in [-0.39, 0.29) is 29.9 Å². The number of hydrogen-bond donors (Lipinski definition) is 2. The number of amides is 1. The first-order valence-corrected chi connectivity index (χ1v) is 12.6. The standard InChI is InChI=1S/C27H32F5N5O/c1-36(33)35-17-26(25(38)34-16-18-12-21(27(30,31)32)14-23(29)13-18)9-6-24(15-26)37-10-7-20(8-11-37)19-2-4-22(28)5-3-19/h2-5,12-14,17,20,24H,6-11,15-16,33H2,1H3,(H,34,38)/b35-17+. The molecule has 11 heteroatoms. The van der Waals surface area contributed by atoms with Gasteiger partial charge >= 0.3 is 6.18 Å². The fourth-order valence-corrected chi connectivity index (χ4v) is 5.55. The van der Waals surface area contributed by atoms with Crippen LogP contribution < -0.4 is 11.2 Å². The van der Waals surface area contributed by atoms with Crippen molar-refractivity contribution in [1.29, 1.82) is 0 Å². The van der Waals surface area contributed by atoms with E-state index in [4.69, 9.17) is 5.84 Å². The SMILES string of the molecule is CN(N)/N=C/C1(C(=O)NCc2cc(F)cc(C(F)(F)F)c2)CCC(N2CCC(c3ccc(F)cc3)CC2)C1. The Morgan fingerprint density at radius 1 is 1.13 bits per heavy atom. The number of alkyl halides is 3. The van der Waals surface area contributed by atoms with Gasteiger partial charge in [-0.15, -0.1) is 0 Å². The molecule has 1 heterocycles. The lowest BCUT2D eigenvalue weighted by Gasteiger charge is -2.37. The highest BCUT2D eigenvalue weighted by atomic mass is 19.4. The molecule has 2 unspecified atom stereocenters. The second kappa shape index (κ2) is 11.4. The van der Waals surface area contributed by atoms with Gasteiger partial charge in [0, 0.05) is 25.8 Å². The van der Waals surface area contributed by atoms with E-state index in [1.54, 1.807) is 0 Å². The first-order chi connectivity index (χ1) is 17.9. The highest BCUT2D eigenvalue weighted by molar-refractivity contribution is 5.98. The molecule has 4 rings (SSSR count). The molecule has 0 spiro atoms. The lowest BCUT2D eigenvalue weighted by atomic mass is 9.85. The van der Waals surface area contributed by atoms with Crippen molar-refractivity contribution in [1.82, 2.24) is 15.3 Å². The number of nitrogens with two attached hydrogens (primary N) is 1. The van der Waals surface area contributed by atoms with Crippen LogP contribution in [0.4, 0.5) is 22.0 Å². The van der Waals surface area contributed by atoms with Gasteiger partial charge < -0.3 is 10.2 Å². The third-order valence-corrected chi connectivity index (χ3v) is 7.59. The van der Waals surface area contributed by atoms with E-state index in [2.05, 4.69) is 15.3 Å². The van der Waals surface area contributed by atoms with Gasteiger partial charge in [-0.3, -0.25) is 4.79 Å². The predicted octanol–water partition coefficient (Wildman–Crippen LogP) is 4.81. The van der Waals surface area contributed by atoms with Crippen LogP contribution in [0.3, 0.4) is 0 Å². The fourth-order valence-electron chi connectivity index (χ4n) is 5.55. The maximum atomic E-state index is 13.8. The van der Waals surface area contributed by atoms with Gasteiger partial charge in [0.15, 0.2) is 0 Å². The van der Waals surface area contributed by atoms with E-state index < -0.39 is 23.0 Å². The molecule has 0 aromatic heterocycles. The molecular formula is C27H32F5N5O. The summed E-state index contributed by atoms with van der Waals surface area (Å²) in [6.45, 7) is 1.42. The summed E-state index contributed by atoms with van der Waals surface area (Å²) >= 11 is 0. The number of carbonyl (C=O) groups excluding carboxylic acids is 1. The fraction of sp³-hybridized carbons (Fsp3) is 0.481. The minimum absolute atomic E-state index is 0.0196. The average molecular weight is 538 g/mol. The largest absolute Gasteiger partial charge is 0.416 e. The molecule has 3 N–H and O–H groups in total. The summed E-state index contributed by atoms with van der Waals surface area (Å²) in [7, 11) is 1.53. The Morgan fingerprint density at radius 2 is 1.82 bits per heavy atom. The minimum atomic E-state index is -4.69. The van der Waals surface area contributed by atoms with E-state index in [0.29, 0.717) is 24.8 Å². The van der Waals surface area contributed by atoms with Crippen LogP contribution in [-0.2, 0) is 17.5 Å². The lowest BCUT2D eigenvalue weighted by molar-refractivity contribution is -0.137. The summed E-state index contributed by atoms with van der Waals surface area (Å²) in [6.07, 6.45) is 0.380.